The first-order valence-corrected chi connectivity index (χ1v) is 47.7. The normalized spacial score (nSPS) is 22.9. The number of aromatic nitrogens is 1. The number of aromatic hydroxyl groups is 1. The lowest BCUT2D eigenvalue weighted by Crippen LogP contribution is -2.62. The van der Waals surface area contributed by atoms with Crippen molar-refractivity contribution in [2.24, 2.45) is 35.0 Å². The second-order valence-electron chi connectivity index (χ2n) is 35.9. The van der Waals surface area contributed by atoms with Gasteiger partial charge in [0.05, 0.1) is 18.8 Å². The number of amides is 16. The van der Waals surface area contributed by atoms with Crippen LogP contribution in [0.15, 0.2) is 170 Å². The largest absolute Gasteiger partial charge is 0.508 e. The van der Waals surface area contributed by atoms with Crippen molar-refractivity contribution in [1.82, 2.24) is 89.2 Å². The summed E-state index contributed by atoms with van der Waals surface area (Å²) in [4.78, 5) is 256. The van der Waals surface area contributed by atoms with Gasteiger partial charge in [0, 0.05) is 75.6 Å². The Labute approximate surface area is 821 Å². The van der Waals surface area contributed by atoms with Crippen molar-refractivity contribution < 1.29 is 96.8 Å². The Balaban J connectivity index is 1.23. The number of thioether (sulfide) groups is 1. The molecule has 0 bridgehead atoms. The number of benzene rings is 6. The molecule has 0 aliphatic carbocycles. The fourth-order valence-electron chi connectivity index (χ4n) is 15.6. The maximum atomic E-state index is 15.6. The molecule has 758 valence electrons. The second-order valence-corrected chi connectivity index (χ2v) is 37.0. The molecule has 7 aromatic rings. The molecule has 0 spiro atoms. The summed E-state index contributed by atoms with van der Waals surface area (Å²) in [6, 6.07) is 21.0. The number of aromatic amines is 1. The zero-order valence-electron chi connectivity index (χ0n) is 80.5. The van der Waals surface area contributed by atoms with Crippen molar-refractivity contribution in [3.05, 3.63) is 198 Å². The van der Waals surface area contributed by atoms with E-state index in [1.165, 1.54) is 66.1 Å². The molecule has 41 nitrogen and oxygen atoms in total. The summed E-state index contributed by atoms with van der Waals surface area (Å²) in [5.41, 5.74) is 21.8. The van der Waals surface area contributed by atoms with Crippen LogP contribution in [0.1, 0.15) is 115 Å². The summed E-state index contributed by atoms with van der Waals surface area (Å²) in [7, 11) is 2.59. The van der Waals surface area contributed by atoms with E-state index in [1.54, 1.807) is 143 Å². The zero-order chi connectivity index (χ0) is 103. The van der Waals surface area contributed by atoms with E-state index in [9.17, 15) is 53.7 Å². The topological polar surface area (TPSA) is 643 Å². The third-order valence-electron chi connectivity index (χ3n) is 23.8. The van der Waals surface area contributed by atoms with E-state index in [-0.39, 0.29) is 81.7 Å². The number of hydrogen-bond acceptors (Lipinski definition) is 22. The van der Waals surface area contributed by atoms with Crippen LogP contribution in [0.5, 0.6) is 5.75 Å². The molecule has 6 aromatic carbocycles. The molecule has 1 fully saturated rings. The maximum absolute atomic E-state index is 15.6. The fourth-order valence-corrected chi connectivity index (χ4v) is 16.5. The smallest absolute Gasteiger partial charge is 0.305 e. The van der Waals surface area contributed by atoms with Gasteiger partial charge in [-0.3, -0.25) is 86.9 Å². The number of fused-ring (bicyclic) bond motifs is 1. The number of rotatable bonds is 27. The number of carboxylic acid groups (broad SMARTS) is 1. The number of carboxylic acids is 1. The molecule has 2 heterocycles. The van der Waals surface area contributed by atoms with Crippen LogP contribution in [-0.4, -0.2) is 272 Å². The van der Waals surface area contributed by atoms with E-state index < -0.39 is 240 Å². The van der Waals surface area contributed by atoms with Crippen molar-refractivity contribution in [3.8, 4) is 16.9 Å². The van der Waals surface area contributed by atoms with Crippen LogP contribution >= 0.6 is 11.8 Å². The number of phenols is 1. The first-order chi connectivity index (χ1) is 67.0. The first kappa shape index (κ1) is 111. The number of H-pyrrole nitrogens is 1. The predicted octanol–water partition coefficient (Wildman–Crippen LogP) is -0.281. The number of hydrogen-bond donors (Lipinski definition) is 22. The molecule has 1 aromatic heterocycles. The van der Waals surface area contributed by atoms with Crippen molar-refractivity contribution in [2.75, 3.05) is 45.3 Å². The molecule has 8 rings (SSSR count). The summed E-state index contributed by atoms with van der Waals surface area (Å²) < 4.78 is 0. The number of carbonyl (C=O) groups excluding carboxylic acids is 16. The number of carbonyl (C=O) groups is 17. The summed E-state index contributed by atoms with van der Waals surface area (Å²) in [5, 5.41) is 76.9. The average Bonchev–Trinajstić information content (AvgIpc) is 1.53. The molecule has 1 saturated heterocycles. The molecular weight excluding hydrogens is 1840 g/mol. The van der Waals surface area contributed by atoms with Crippen molar-refractivity contribution in [2.45, 2.75) is 210 Å². The summed E-state index contributed by atoms with van der Waals surface area (Å²) >= 11 is 0.712. The number of primary amides is 1. The number of likely N-dealkylation sites (N-methyl/N-ethyl adjacent to an activating group) is 2. The van der Waals surface area contributed by atoms with E-state index in [2.05, 4.69) is 79.4 Å². The Kier molecular flexibility index (Phi) is 43.1. The average molecular weight is 1970 g/mol. The minimum atomic E-state index is -2.08. The number of phenolic OH excluding ortho intramolecular Hbond substituents is 1. The van der Waals surface area contributed by atoms with Gasteiger partial charge in [-0.2, -0.15) is 0 Å². The standard InChI is InChI=1S/C99H131N21O20S/c1-54(2)43-71-90(132)117-83(56(5)6)96(138)115-77(51-121)92(134)116-78(93(135)106-57(7)84(101)126)52-141-53-80(123)107-72(44-59-23-14-11-15-24-59)86(128)111-73(46-62-34-38-66(122)39-35-62)88(130)113-76(49-81(124)125)89(131)112-75(48-65-50-105-68-30-21-20-29-67(65)68)91(133)118-82(55(3)4)95(137)114-74(45-61-32-36-64(37-33-61)63-27-18-13-19-28-63)87(129)109-70(31-22-42-104-99(102)103)98(140)119(9)58(8)97(139)120(10)79(47-60-25-16-12-17-26-60)94(136)108-69(40-41-100)85(127)110-71/h11-21,23-30,32-39,50,54-58,69-79,82-83,105,121-122H,22,31,40-49,51-53,100H2,1-10H3,(H2,101,126)(H,106,135)(H,107,123)(H,108,136)(H,109,129)(H,110,127)(H,111,128)(H,112,131)(H,113,130)(H,114,137)(H,115,138)(H,116,134)(H,117,132)(H,118,133)(H,124,125)(H4,102,103,104)/t57-,58-,69-,70-,71-,72-,73-,74-,75-,76-,77-,78-,79-,82-,83-/m0/s1. The molecule has 15 atom stereocenters. The first-order valence-electron chi connectivity index (χ1n) is 46.5. The molecule has 0 saturated carbocycles. The highest BCUT2D eigenvalue weighted by Gasteiger charge is 2.42. The number of aliphatic hydroxyl groups excluding tert-OH is 1. The van der Waals surface area contributed by atoms with Crippen LogP contribution in [0.3, 0.4) is 0 Å². The predicted molar refractivity (Wildman–Crippen MR) is 527 cm³/mol. The van der Waals surface area contributed by atoms with Crippen LogP contribution in [-0.2, 0) is 114 Å². The van der Waals surface area contributed by atoms with Gasteiger partial charge in [0.15, 0.2) is 5.96 Å². The minimum Gasteiger partial charge on any atom is -0.508 e. The molecule has 1 aliphatic rings. The third-order valence-corrected chi connectivity index (χ3v) is 24.8. The highest BCUT2D eigenvalue weighted by atomic mass is 32.2. The van der Waals surface area contributed by atoms with Gasteiger partial charge in [-0.05, 0) is 121 Å². The lowest BCUT2D eigenvalue weighted by Gasteiger charge is -2.35. The molecule has 141 heavy (non-hydrogen) atoms. The number of guanidine groups is 1. The second kappa shape index (κ2) is 54.5. The van der Waals surface area contributed by atoms with E-state index >= 15 is 43.2 Å². The van der Waals surface area contributed by atoms with Crippen LogP contribution in [0.2, 0.25) is 0 Å². The van der Waals surface area contributed by atoms with Gasteiger partial charge in [0.2, 0.25) is 94.5 Å². The third kappa shape index (κ3) is 34.3. The molecule has 42 heteroatoms. The minimum absolute atomic E-state index is 0.0102. The Hall–Kier alpha value is -14.8. The van der Waals surface area contributed by atoms with Gasteiger partial charge in [-0.15, -0.1) is 11.8 Å². The molecule has 0 radical (unpaired) electrons. The number of nitrogens with two attached hydrogens (primary N) is 3. The summed E-state index contributed by atoms with van der Waals surface area (Å²) in [6.45, 7) is 11.0. The van der Waals surface area contributed by atoms with Crippen LogP contribution < -0.4 is 91.6 Å². The Morgan fingerprint density at radius 3 is 1.45 bits per heavy atom. The molecule has 16 amide bonds. The number of nitrogens with one attached hydrogen (secondary N) is 16. The fraction of sp³-hybridized carbons (Fsp3) is 0.434. The Morgan fingerprint density at radius 1 is 0.475 bits per heavy atom. The number of nitrogens with zero attached hydrogens (tertiary/aromatic N) is 2. The van der Waals surface area contributed by atoms with Gasteiger partial charge in [-0.25, -0.2) is 0 Å². The quantitative estimate of drug-likeness (QED) is 0.0179. The van der Waals surface area contributed by atoms with E-state index in [0.29, 0.717) is 44.9 Å². The van der Waals surface area contributed by atoms with Crippen LogP contribution in [0.4, 0.5) is 0 Å². The maximum Gasteiger partial charge on any atom is 0.305 e. The number of para-hydroxylation sites is 1. The SMILES string of the molecule is CC(C)C[C@@H]1NC(=O)[C@H](CCN)NC(=O)[C@H](Cc2ccccc2)N(C)C(=O)[C@H](C)N(C)C(=O)[C@H](CCCNC(=N)N)NC(=O)[C@H](Cc2ccc(-c3ccccc3)cc2)NC(=O)[C@H](C(C)C)NC(=O)[C@H](Cc2c[nH]c3ccccc23)NC(=O)[C@H](CC(=O)O)NC(=O)[C@H](Cc2ccc(O)cc2)NC(=O)[C@H](Cc2ccccc2)NC(=O)CSC[C@@H](C(=O)N[C@@H](C)C(N)=O)NC(=O)[C@H](CO)NC(=O)[C@H](C(C)C)NC1=O. The monoisotopic (exact) mass is 1970 g/mol. The van der Waals surface area contributed by atoms with Crippen LogP contribution in [0, 0.1) is 23.2 Å². The molecule has 0 unspecified atom stereocenters. The lowest BCUT2D eigenvalue weighted by atomic mass is 9.98. The van der Waals surface area contributed by atoms with Crippen LogP contribution in [0.25, 0.3) is 22.0 Å². The van der Waals surface area contributed by atoms with E-state index in [0.717, 1.165) is 20.9 Å². The number of aliphatic hydroxyl groups is 1. The highest BCUT2D eigenvalue weighted by molar-refractivity contribution is 8.00. The zero-order valence-corrected chi connectivity index (χ0v) is 81.3. The van der Waals surface area contributed by atoms with Gasteiger partial charge < -0.3 is 122 Å². The molecule has 1 aliphatic heterocycles. The lowest BCUT2D eigenvalue weighted by molar-refractivity contribution is -0.148. The van der Waals surface area contributed by atoms with Crippen molar-refractivity contribution >= 4 is 129 Å². The number of aliphatic carboxylic acids is 1. The molecular formula is C99H131N21O20S. The molecule has 25 N–H and O–H groups in total. The van der Waals surface area contributed by atoms with Gasteiger partial charge in [-0.1, -0.05) is 187 Å². The Morgan fingerprint density at radius 2 is 0.915 bits per heavy atom. The van der Waals surface area contributed by atoms with E-state index in [1.807, 2.05) is 30.3 Å². The van der Waals surface area contributed by atoms with Gasteiger partial charge in [0.25, 0.3) is 0 Å². The van der Waals surface area contributed by atoms with E-state index in [4.69, 9.17) is 22.6 Å². The summed E-state index contributed by atoms with van der Waals surface area (Å²) in [5.74, 6) is -21.4. The Bertz CT molecular complexity index is 5510. The van der Waals surface area contributed by atoms with Crippen molar-refractivity contribution in [1.29, 1.82) is 5.41 Å². The van der Waals surface area contributed by atoms with Gasteiger partial charge in [0.1, 0.15) is 96.4 Å². The van der Waals surface area contributed by atoms with Gasteiger partial charge >= 0.3 is 5.97 Å². The highest BCUT2D eigenvalue weighted by Crippen LogP contribution is 2.25. The van der Waals surface area contributed by atoms with Crippen molar-refractivity contribution in [3.63, 3.8) is 0 Å². The summed E-state index contributed by atoms with van der Waals surface area (Å²) in [6.07, 6.45) is -1.62.